The van der Waals surface area contributed by atoms with Gasteiger partial charge in [0.2, 0.25) is 23.6 Å². The number of carbonyl (C=O) groups excluding carboxylic acids is 1. The van der Waals surface area contributed by atoms with Gasteiger partial charge in [0.25, 0.3) is 0 Å². The minimum absolute atomic E-state index is 0.0489. The molecule has 0 bridgehead atoms. The van der Waals surface area contributed by atoms with E-state index in [1.807, 2.05) is 4.90 Å². The number of aliphatic hydroxyl groups excluding tert-OH is 1. The highest BCUT2D eigenvalue weighted by Crippen LogP contribution is 2.45. The van der Waals surface area contributed by atoms with E-state index in [-0.39, 0.29) is 28.8 Å². The number of alkyl halides is 2. The summed E-state index contributed by atoms with van der Waals surface area (Å²) in [6.45, 7) is 1.16. The Morgan fingerprint density at radius 1 is 1.24 bits per heavy atom. The van der Waals surface area contributed by atoms with Crippen LogP contribution in [-0.4, -0.2) is 87.0 Å². The number of hydrogen-bond donors (Lipinski definition) is 3. The topological polar surface area (TPSA) is 197 Å². The molecule has 2 unspecified atom stereocenters. The van der Waals surface area contributed by atoms with Gasteiger partial charge in [0.1, 0.15) is 24.3 Å². The molecule has 3 heterocycles. The molecule has 6 atom stereocenters. The Hall–Kier alpha value is -4.25. The van der Waals surface area contributed by atoms with Crippen molar-refractivity contribution in [1.82, 2.24) is 14.5 Å². The molecule has 2 aliphatic rings. The van der Waals surface area contributed by atoms with Crippen LogP contribution in [0.2, 0.25) is 5.02 Å². The lowest BCUT2D eigenvalue weighted by molar-refractivity contribution is -0.169. The Bertz CT molecular complexity index is 1780. The van der Waals surface area contributed by atoms with Gasteiger partial charge < -0.3 is 34.6 Å². The summed E-state index contributed by atoms with van der Waals surface area (Å²) < 4.78 is 57.2. The van der Waals surface area contributed by atoms with Crippen molar-refractivity contribution in [2.24, 2.45) is 4.74 Å². The second kappa shape index (κ2) is 15.1. The molecule has 5 rings (SSSR count). The summed E-state index contributed by atoms with van der Waals surface area (Å²) in [5.74, 6) is -6.20. The highest BCUT2D eigenvalue weighted by molar-refractivity contribution is 7.34. The third-order valence-corrected chi connectivity index (χ3v) is 8.85. The van der Waals surface area contributed by atoms with Crippen molar-refractivity contribution in [3.8, 4) is 23.0 Å². The van der Waals surface area contributed by atoms with Crippen LogP contribution in [0, 0.1) is 0 Å². The zero-order valence-corrected chi connectivity index (χ0v) is 27.6. The van der Waals surface area contributed by atoms with E-state index in [1.54, 1.807) is 7.05 Å². The number of carbonyl (C=O) groups is 2. The number of anilines is 1. The number of nitrogens with one attached hydrogen (secondary N) is 1. The van der Waals surface area contributed by atoms with Gasteiger partial charge in [0.15, 0.2) is 17.9 Å². The number of aromatic nitrogens is 2. The van der Waals surface area contributed by atoms with Crippen LogP contribution in [0.5, 0.6) is 23.0 Å². The molecular formula is C30H31ClF2N5O10P. The lowest BCUT2D eigenvalue weighted by Gasteiger charge is -2.21. The summed E-state index contributed by atoms with van der Waals surface area (Å²) in [5, 5.41) is 22.6. The molecule has 0 spiro atoms. The predicted molar refractivity (Wildman–Crippen MR) is 168 cm³/mol. The van der Waals surface area contributed by atoms with Gasteiger partial charge in [0, 0.05) is 11.2 Å². The summed E-state index contributed by atoms with van der Waals surface area (Å²) in [6, 6.07) is 9.63. The maximum absolute atomic E-state index is 15.4. The quantitative estimate of drug-likeness (QED) is 0.231. The minimum Gasteiger partial charge on any atom is -0.575 e. The van der Waals surface area contributed by atoms with Crippen molar-refractivity contribution >= 4 is 37.5 Å². The molecule has 2 saturated heterocycles. The van der Waals surface area contributed by atoms with Crippen LogP contribution in [0.15, 0.2) is 64.3 Å². The van der Waals surface area contributed by atoms with Gasteiger partial charge in [0.05, 0.1) is 6.04 Å². The lowest BCUT2D eigenvalue weighted by Crippen LogP contribution is -2.42. The highest BCUT2D eigenvalue weighted by atomic mass is 35.5. The number of ether oxygens (including phenoxy) is 3. The van der Waals surface area contributed by atoms with Gasteiger partial charge >= 0.3 is 25.7 Å². The van der Waals surface area contributed by atoms with E-state index in [1.165, 1.54) is 49.4 Å². The number of likely N-dealkylation sites (tertiary alicyclic amines) is 1. The molecule has 0 aliphatic carbocycles. The third kappa shape index (κ3) is 8.32. The Morgan fingerprint density at radius 3 is 2.61 bits per heavy atom. The number of amides is 1. The smallest absolute Gasteiger partial charge is 0.395 e. The van der Waals surface area contributed by atoms with E-state index in [0.29, 0.717) is 16.0 Å². The number of halogens is 3. The zero-order chi connectivity index (χ0) is 35.5. The molecule has 3 N–H and O–H groups in total. The van der Waals surface area contributed by atoms with Crippen molar-refractivity contribution < 1.29 is 52.2 Å². The van der Waals surface area contributed by atoms with Crippen LogP contribution in [0.25, 0.3) is 0 Å². The molecule has 2 fully saturated rings. The summed E-state index contributed by atoms with van der Waals surface area (Å²) >= 11 is 5.95. The lowest BCUT2D eigenvalue weighted by atomic mass is 10.1. The summed E-state index contributed by atoms with van der Waals surface area (Å²) in [7, 11) is -1.17. The van der Waals surface area contributed by atoms with E-state index in [2.05, 4.69) is 15.0 Å². The fourth-order valence-electron chi connectivity index (χ4n) is 5.10. The Labute approximate surface area is 283 Å². The van der Waals surface area contributed by atoms with Crippen molar-refractivity contribution in [1.29, 1.82) is 0 Å². The maximum atomic E-state index is 15.4. The molecule has 1 aromatic heterocycles. The van der Waals surface area contributed by atoms with Crippen LogP contribution in [-0.2, 0) is 14.3 Å². The molecule has 0 radical (unpaired) electrons. The fourth-order valence-corrected chi connectivity index (χ4v) is 5.97. The second-order valence-electron chi connectivity index (χ2n) is 11.2. The number of benzene rings is 2. The first-order valence-corrected chi connectivity index (χ1v) is 16.3. The molecule has 19 heteroatoms. The van der Waals surface area contributed by atoms with Crippen molar-refractivity contribution in [3.05, 3.63) is 70.2 Å². The predicted octanol–water partition coefficient (Wildman–Crippen LogP) is 3.40. The second-order valence-corrected chi connectivity index (χ2v) is 12.5. The molecule has 0 saturated carbocycles. The molecule has 2 aliphatic heterocycles. The number of para-hydroxylation sites is 1. The monoisotopic (exact) mass is 725 g/mol. The number of likely N-dealkylation sites (N-methyl/N-ethyl adjacent to an activating group) is 1. The molecule has 1 amide bonds. The van der Waals surface area contributed by atoms with E-state index in [4.69, 9.17) is 35.4 Å². The third-order valence-electron chi connectivity index (χ3n) is 7.71. The Morgan fingerprint density at radius 2 is 1.96 bits per heavy atom. The molecule has 15 nitrogen and oxygen atoms in total. The van der Waals surface area contributed by atoms with Gasteiger partial charge in [-0.25, -0.2) is 9.59 Å². The Balaban J connectivity index is 1.36. The van der Waals surface area contributed by atoms with E-state index in [9.17, 15) is 24.4 Å². The van der Waals surface area contributed by atoms with Crippen molar-refractivity contribution in [2.45, 2.75) is 56.2 Å². The van der Waals surface area contributed by atoms with Crippen LogP contribution in [0.3, 0.4) is 0 Å². The molecular weight excluding hydrogens is 695 g/mol. The van der Waals surface area contributed by atoms with Gasteiger partial charge in [-0.15, -0.1) is 0 Å². The number of carboxylic acids is 1. The number of hydrogen-bond acceptors (Lipinski definition) is 12. The first kappa shape index (κ1) is 36.0. The fraction of sp³-hybridized carbons (Fsp3) is 0.400. The first-order valence-electron chi connectivity index (χ1n) is 14.8. The number of aliphatic hydroxyl groups is 1. The molecule has 49 heavy (non-hydrogen) atoms. The molecule has 2 aromatic carbocycles. The average Bonchev–Trinajstić information content (AvgIpc) is 3.57. The van der Waals surface area contributed by atoms with E-state index >= 15 is 8.78 Å². The number of aliphatic carboxylic acids is 1. The molecule has 262 valence electrons. The van der Waals surface area contributed by atoms with Crippen LogP contribution in [0.1, 0.15) is 26.0 Å². The molecule has 3 aromatic rings. The zero-order valence-electron chi connectivity index (χ0n) is 25.9. The van der Waals surface area contributed by atoms with Crippen molar-refractivity contribution in [2.75, 3.05) is 25.5 Å². The van der Waals surface area contributed by atoms with Crippen LogP contribution < -0.4 is 29.9 Å². The normalized spacial score (nSPS) is 22.8. The summed E-state index contributed by atoms with van der Waals surface area (Å²) in [4.78, 5) is 54.7. The minimum atomic E-state index is -4.01. The maximum Gasteiger partial charge on any atom is 0.395 e. The number of carboxylic acid groups (broad SMARTS) is 1. The summed E-state index contributed by atoms with van der Waals surface area (Å²) in [6.07, 6.45) is -4.10. The first-order chi connectivity index (χ1) is 23.2. The largest absolute Gasteiger partial charge is 0.575 e. The Kier molecular flexibility index (Phi) is 11.1. The van der Waals surface area contributed by atoms with Crippen LogP contribution in [0.4, 0.5) is 14.6 Å². The number of rotatable bonds is 12. The van der Waals surface area contributed by atoms with Gasteiger partial charge in [-0.2, -0.15) is 13.8 Å². The average molecular weight is 726 g/mol. The number of nitrogens with zero attached hydrogens (tertiary/aromatic N) is 4. The van der Waals surface area contributed by atoms with E-state index in [0.717, 1.165) is 25.2 Å². The standard InChI is InChI=1S/C30H31ClF2N5O10P/c1-16(27(41)42)36-49(44)48-21-7-3-6-20(46-18-10-8-17(31)9-11-18)24(21)45-15-22-25(39)30(32,33)28(47-22)38-14-12-23(35-29(38)43)34-26(40)19-5-4-13-37(19)2/h3,6-12,14,16,19,22,25,28,39H,4-5,13,15H2,1-2H3,(H,41,42)(H,34,35,40,43)/t16-,19-,22+,25+,28?/m0/s1. The van der Waals surface area contributed by atoms with Gasteiger partial charge in [-0.3, -0.25) is 18.8 Å². The van der Waals surface area contributed by atoms with Crippen LogP contribution >= 0.6 is 19.8 Å². The highest BCUT2D eigenvalue weighted by Gasteiger charge is 2.60. The summed E-state index contributed by atoms with van der Waals surface area (Å²) in [5.41, 5.74) is -1.17. The van der Waals surface area contributed by atoms with E-state index < -0.39 is 68.8 Å². The van der Waals surface area contributed by atoms with Gasteiger partial charge in [-0.1, -0.05) is 22.4 Å². The van der Waals surface area contributed by atoms with Gasteiger partial charge in [-0.05, 0) is 75.8 Å². The SMILES string of the molecule is C[C@H](/N=[P+](\[O-])Oc1cccc(Oc2ccc(Cl)cc2)c1OC[C@H]1OC(n2ccc(NC(=O)[C@@H]3CCCN3C)nc2=O)C(F)(F)[C@@H]1O)C(=O)O. The van der Waals surface area contributed by atoms with Crippen molar-refractivity contribution in [3.63, 3.8) is 0 Å².